The van der Waals surface area contributed by atoms with Gasteiger partial charge in [-0.25, -0.2) is 0 Å². The van der Waals surface area contributed by atoms with Gasteiger partial charge < -0.3 is 15.8 Å². The molecule has 0 fully saturated rings. The summed E-state index contributed by atoms with van der Waals surface area (Å²) in [6.45, 7) is 0. The van der Waals surface area contributed by atoms with Crippen molar-refractivity contribution < 1.29 is 9.53 Å². The molecular weight excluding hydrogens is 284 g/mol. The van der Waals surface area contributed by atoms with Gasteiger partial charge in [0, 0.05) is 11.1 Å². The summed E-state index contributed by atoms with van der Waals surface area (Å²) in [5, 5.41) is 2.83. The maximum absolute atomic E-state index is 12.2. The van der Waals surface area contributed by atoms with Crippen LogP contribution in [0.15, 0.2) is 48.5 Å². The number of hydrogen-bond acceptors (Lipinski definition) is 3. The Labute approximate surface area is 128 Å². The fraction of sp³-hybridized carbons (Fsp3) is 0.125. The summed E-state index contributed by atoms with van der Waals surface area (Å²) in [6.07, 6.45) is 0.218. The molecular formula is C16H16N2O2S. The number of thiocarbonyl (C=S) groups is 1. The quantitative estimate of drug-likeness (QED) is 0.833. The molecule has 0 bridgehead atoms. The molecule has 5 heteroatoms. The van der Waals surface area contributed by atoms with Crippen molar-refractivity contribution in [1.82, 2.24) is 0 Å². The predicted octanol–water partition coefficient (Wildman–Crippen LogP) is 2.51. The zero-order valence-electron chi connectivity index (χ0n) is 11.6. The third-order valence-electron chi connectivity index (χ3n) is 3.01. The lowest BCUT2D eigenvalue weighted by atomic mass is 10.1. The van der Waals surface area contributed by atoms with Crippen LogP contribution in [0.4, 0.5) is 5.69 Å². The molecule has 0 saturated heterocycles. The number of benzene rings is 2. The highest BCUT2D eigenvalue weighted by molar-refractivity contribution is 7.80. The Kier molecular flexibility index (Phi) is 4.90. The maximum Gasteiger partial charge on any atom is 0.228 e. The number of para-hydroxylation sites is 2. The zero-order chi connectivity index (χ0) is 15.2. The first-order valence-electron chi connectivity index (χ1n) is 6.42. The number of carbonyl (C=O) groups excluding carboxylic acids is 1. The average molecular weight is 300 g/mol. The Hall–Kier alpha value is -2.40. The van der Waals surface area contributed by atoms with Gasteiger partial charge >= 0.3 is 0 Å². The van der Waals surface area contributed by atoms with Crippen LogP contribution in [-0.2, 0) is 11.2 Å². The lowest BCUT2D eigenvalue weighted by molar-refractivity contribution is -0.115. The van der Waals surface area contributed by atoms with Crippen molar-refractivity contribution in [3.63, 3.8) is 0 Å². The zero-order valence-corrected chi connectivity index (χ0v) is 12.4. The molecule has 0 aliphatic heterocycles. The second kappa shape index (κ2) is 6.85. The average Bonchev–Trinajstić information content (AvgIpc) is 2.48. The van der Waals surface area contributed by atoms with Gasteiger partial charge in [-0.2, -0.15) is 0 Å². The van der Waals surface area contributed by atoms with Crippen LogP contribution in [0, 0.1) is 0 Å². The highest BCUT2D eigenvalue weighted by Crippen LogP contribution is 2.19. The molecule has 2 aromatic carbocycles. The molecule has 0 saturated carbocycles. The summed E-state index contributed by atoms with van der Waals surface area (Å²) in [5.74, 6) is 0.540. The summed E-state index contributed by atoms with van der Waals surface area (Å²) in [5.41, 5.74) is 7.74. The summed E-state index contributed by atoms with van der Waals surface area (Å²) < 4.78 is 5.24. The first-order chi connectivity index (χ1) is 10.1. The minimum Gasteiger partial charge on any atom is -0.496 e. The highest BCUT2D eigenvalue weighted by atomic mass is 32.1. The Balaban J connectivity index is 2.14. The van der Waals surface area contributed by atoms with E-state index in [1.807, 2.05) is 36.4 Å². The number of ether oxygens (including phenoxy) is 1. The molecule has 21 heavy (non-hydrogen) atoms. The number of nitrogens with one attached hydrogen (secondary N) is 1. The van der Waals surface area contributed by atoms with Crippen LogP contribution in [0.3, 0.4) is 0 Å². The fourth-order valence-electron chi connectivity index (χ4n) is 2.02. The van der Waals surface area contributed by atoms with Gasteiger partial charge in [-0.1, -0.05) is 42.5 Å². The van der Waals surface area contributed by atoms with Crippen LogP contribution in [0.2, 0.25) is 0 Å². The van der Waals surface area contributed by atoms with Crippen molar-refractivity contribution in [3.05, 3.63) is 59.7 Å². The van der Waals surface area contributed by atoms with E-state index in [0.717, 1.165) is 5.56 Å². The number of carbonyl (C=O) groups is 1. The minimum absolute atomic E-state index is 0.150. The Morgan fingerprint density at radius 2 is 1.86 bits per heavy atom. The largest absolute Gasteiger partial charge is 0.496 e. The van der Waals surface area contributed by atoms with Crippen LogP contribution in [0.5, 0.6) is 5.75 Å². The van der Waals surface area contributed by atoms with Crippen molar-refractivity contribution in [2.24, 2.45) is 5.73 Å². The van der Waals surface area contributed by atoms with Gasteiger partial charge in [0.05, 0.1) is 19.2 Å². The van der Waals surface area contributed by atoms with Gasteiger partial charge in [-0.3, -0.25) is 4.79 Å². The molecule has 2 aromatic rings. The summed E-state index contributed by atoms with van der Waals surface area (Å²) in [7, 11) is 1.58. The Morgan fingerprint density at radius 3 is 2.57 bits per heavy atom. The van der Waals surface area contributed by atoms with E-state index in [9.17, 15) is 4.79 Å². The molecule has 0 aromatic heterocycles. The van der Waals surface area contributed by atoms with Crippen LogP contribution < -0.4 is 15.8 Å². The van der Waals surface area contributed by atoms with E-state index in [2.05, 4.69) is 5.32 Å². The standard InChI is InChI=1S/C16H16N2O2S/c1-20-14-9-5-2-6-11(14)10-15(19)18-13-8-4-3-7-12(13)16(17)21/h2-9H,10H2,1H3,(H2,17,21)(H,18,19). The molecule has 0 heterocycles. The number of rotatable bonds is 5. The molecule has 108 valence electrons. The van der Waals surface area contributed by atoms with Crippen molar-refractivity contribution in [2.45, 2.75) is 6.42 Å². The topological polar surface area (TPSA) is 64.3 Å². The summed E-state index contributed by atoms with van der Waals surface area (Å²) >= 11 is 4.98. The van der Waals surface area contributed by atoms with Crippen molar-refractivity contribution >= 4 is 28.8 Å². The number of methoxy groups -OCH3 is 1. The van der Waals surface area contributed by atoms with Gasteiger partial charge in [0.1, 0.15) is 10.7 Å². The van der Waals surface area contributed by atoms with E-state index >= 15 is 0 Å². The molecule has 4 nitrogen and oxygen atoms in total. The molecule has 1 amide bonds. The molecule has 0 radical (unpaired) electrons. The predicted molar refractivity (Wildman–Crippen MR) is 87.7 cm³/mol. The number of amides is 1. The van der Waals surface area contributed by atoms with Crippen LogP contribution in [0.1, 0.15) is 11.1 Å². The van der Waals surface area contributed by atoms with E-state index in [-0.39, 0.29) is 17.3 Å². The third kappa shape index (κ3) is 3.79. The van der Waals surface area contributed by atoms with Gasteiger partial charge in [-0.05, 0) is 18.2 Å². The monoisotopic (exact) mass is 300 g/mol. The number of nitrogens with two attached hydrogens (primary N) is 1. The maximum atomic E-state index is 12.2. The van der Waals surface area contributed by atoms with Crippen molar-refractivity contribution in [3.8, 4) is 5.75 Å². The van der Waals surface area contributed by atoms with Crippen LogP contribution >= 0.6 is 12.2 Å². The van der Waals surface area contributed by atoms with Crippen LogP contribution in [-0.4, -0.2) is 18.0 Å². The lowest BCUT2D eigenvalue weighted by Crippen LogP contribution is -2.19. The smallest absolute Gasteiger partial charge is 0.228 e. The molecule has 0 unspecified atom stereocenters. The molecule has 3 N–H and O–H groups in total. The second-order valence-electron chi connectivity index (χ2n) is 4.45. The SMILES string of the molecule is COc1ccccc1CC(=O)Nc1ccccc1C(N)=S. The van der Waals surface area contributed by atoms with E-state index in [4.69, 9.17) is 22.7 Å². The third-order valence-corrected chi connectivity index (χ3v) is 3.23. The summed E-state index contributed by atoms with van der Waals surface area (Å²) in [6, 6.07) is 14.6. The van der Waals surface area contributed by atoms with Gasteiger partial charge in [0.15, 0.2) is 0 Å². The molecule has 0 aliphatic carbocycles. The Bertz CT molecular complexity index is 671. The first-order valence-corrected chi connectivity index (χ1v) is 6.83. The van der Waals surface area contributed by atoms with E-state index < -0.39 is 0 Å². The second-order valence-corrected chi connectivity index (χ2v) is 4.89. The van der Waals surface area contributed by atoms with Gasteiger partial charge in [0.2, 0.25) is 5.91 Å². The normalized spacial score (nSPS) is 9.95. The number of anilines is 1. The van der Waals surface area contributed by atoms with E-state index in [1.165, 1.54) is 0 Å². The minimum atomic E-state index is -0.150. The molecule has 0 aliphatic rings. The summed E-state index contributed by atoms with van der Waals surface area (Å²) in [4.78, 5) is 12.4. The molecule has 0 atom stereocenters. The fourth-order valence-corrected chi connectivity index (χ4v) is 2.20. The van der Waals surface area contributed by atoms with E-state index in [0.29, 0.717) is 17.0 Å². The Morgan fingerprint density at radius 1 is 1.19 bits per heavy atom. The number of hydrogen-bond donors (Lipinski definition) is 2. The van der Waals surface area contributed by atoms with E-state index in [1.54, 1.807) is 19.2 Å². The first kappa shape index (κ1) is 15.0. The molecule has 2 rings (SSSR count). The van der Waals surface area contributed by atoms with Gasteiger partial charge in [-0.15, -0.1) is 0 Å². The van der Waals surface area contributed by atoms with Crippen molar-refractivity contribution in [2.75, 3.05) is 12.4 Å². The van der Waals surface area contributed by atoms with Crippen LogP contribution in [0.25, 0.3) is 0 Å². The van der Waals surface area contributed by atoms with Gasteiger partial charge in [0.25, 0.3) is 0 Å². The highest BCUT2D eigenvalue weighted by Gasteiger charge is 2.11. The lowest BCUT2D eigenvalue weighted by Gasteiger charge is -2.11. The molecule has 0 spiro atoms. The van der Waals surface area contributed by atoms with Crippen molar-refractivity contribution in [1.29, 1.82) is 0 Å².